The highest BCUT2D eigenvalue weighted by Gasteiger charge is 2.17. The van der Waals surface area contributed by atoms with Gasteiger partial charge in [0.15, 0.2) is 0 Å². The number of carboxylic acid groups (broad SMARTS) is 1. The molecule has 0 bridgehead atoms. The van der Waals surface area contributed by atoms with Crippen LogP contribution in [-0.4, -0.2) is 56.9 Å². The number of hydrogen-bond donors (Lipinski definition) is 1. The van der Waals surface area contributed by atoms with Gasteiger partial charge < -0.3 is 9.84 Å². The van der Waals surface area contributed by atoms with Gasteiger partial charge >= 0.3 is 5.97 Å². The van der Waals surface area contributed by atoms with Gasteiger partial charge in [0, 0.05) is 27.1 Å². The van der Waals surface area contributed by atoms with Crippen molar-refractivity contribution in [1.82, 2.24) is 4.31 Å². The summed E-state index contributed by atoms with van der Waals surface area (Å²) in [5.74, 6) is -1.12. The maximum Gasteiger partial charge on any atom is 0.303 e. The van der Waals surface area contributed by atoms with Crippen molar-refractivity contribution in [2.75, 3.05) is 33.1 Å². The molecule has 0 atom stereocenters. The van der Waals surface area contributed by atoms with Crippen LogP contribution in [0.4, 0.5) is 0 Å². The molecule has 0 spiro atoms. The van der Waals surface area contributed by atoms with Gasteiger partial charge in [-0.25, -0.2) is 12.7 Å². The van der Waals surface area contributed by atoms with E-state index in [1.807, 2.05) is 0 Å². The minimum absolute atomic E-state index is 0.128. The second-order valence-electron chi connectivity index (χ2n) is 3.13. The molecule has 0 aliphatic heterocycles. The summed E-state index contributed by atoms with van der Waals surface area (Å²) in [5, 5.41) is 8.36. The Kier molecular flexibility index (Phi) is 6.46. The number of rotatable bonds is 8. The number of aliphatic carboxylic acids is 1. The van der Waals surface area contributed by atoms with Gasteiger partial charge in [0.25, 0.3) is 0 Å². The normalized spacial score (nSPS) is 11.9. The summed E-state index contributed by atoms with van der Waals surface area (Å²) in [6.07, 6.45) is 0.00629. The zero-order valence-electron chi connectivity index (χ0n) is 8.97. The molecule has 0 aromatic heterocycles. The van der Waals surface area contributed by atoms with Gasteiger partial charge in [0.1, 0.15) is 0 Å². The lowest BCUT2D eigenvalue weighted by Crippen LogP contribution is -2.32. The van der Waals surface area contributed by atoms with Crippen LogP contribution < -0.4 is 0 Å². The topological polar surface area (TPSA) is 83.9 Å². The van der Waals surface area contributed by atoms with Crippen molar-refractivity contribution in [3.8, 4) is 0 Å². The number of ether oxygens (including phenoxy) is 1. The van der Waals surface area contributed by atoms with Gasteiger partial charge in [0.2, 0.25) is 10.0 Å². The highest BCUT2D eigenvalue weighted by Crippen LogP contribution is 2.02. The van der Waals surface area contributed by atoms with Crippen molar-refractivity contribution in [2.45, 2.75) is 12.8 Å². The lowest BCUT2D eigenvalue weighted by Gasteiger charge is -2.15. The fourth-order valence-electron chi connectivity index (χ4n) is 0.921. The Labute approximate surface area is 89.9 Å². The van der Waals surface area contributed by atoms with Crippen molar-refractivity contribution < 1.29 is 23.1 Å². The third kappa shape index (κ3) is 6.43. The predicted molar refractivity (Wildman–Crippen MR) is 55.2 cm³/mol. The van der Waals surface area contributed by atoms with Crippen molar-refractivity contribution in [2.24, 2.45) is 0 Å². The summed E-state index contributed by atoms with van der Waals surface area (Å²) < 4.78 is 28.9. The van der Waals surface area contributed by atoms with E-state index in [0.29, 0.717) is 6.61 Å². The van der Waals surface area contributed by atoms with Crippen molar-refractivity contribution in [3.05, 3.63) is 0 Å². The molecule has 6 nitrogen and oxygen atoms in total. The van der Waals surface area contributed by atoms with Crippen molar-refractivity contribution in [3.63, 3.8) is 0 Å². The van der Waals surface area contributed by atoms with Crippen LogP contribution in [0.15, 0.2) is 0 Å². The van der Waals surface area contributed by atoms with Gasteiger partial charge in [-0.3, -0.25) is 4.79 Å². The molecule has 0 aliphatic carbocycles. The maximum atomic E-state index is 11.5. The predicted octanol–water partition coefficient (Wildman–Crippen LogP) is -0.241. The van der Waals surface area contributed by atoms with Crippen molar-refractivity contribution >= 4 is 16.0 Å². The molecule has 0 heterocycles. The second kappa shape index (κ2) is 6.76. The van der Waals surface area contributed by atoms with Crippen LogP contribution in [0.1, 0.15) is 12.8 Å². The summed E-state index contributed by atoms with van der Waals surface area (Å²) in [6.45, 7) is 0.612. The van der Waals surface area contributed by atoms with Crippen LogP contribution >= 0.6 is 0 Å². The molecule has 0 unspecified atom stereocenters. The summed E-state index contributed by atoms with van der Waals surface area (Å²) in [6, 6.07) is 0. The van der Waals surface area contributed by atoms with Crippen LogP contribution in [0, 0.1) is 0 Å². The molecule has 0 saturated heterocycles. The largest absolute Gasteiger partial charge is 0.481 e. The smallest absolute Gasteiger partial charge is 0.303 e. The standard InChI is InChI=1S/C8H17NO5S/c1-9(5-6-14-2)15(12,13)7-3-4-8(10)11/h3-7H2,1-2H3,(H,10,11). The first-order chi connectivity index (χ1) is 6.90. The Morgan fingerprint density at radius 3 is 2.53 bits per heavy atom. The molecule has 0 aromatic carbocycles. The van der Waals surface area contributed by atoms with Gasteiger partial charge in [-0.15, -0.1) is 0 Å². The summed E-state index contributed by atoms with van der Waals surface area (Å²) in [7, 11) is -0.394. The van der Waals surface area contributed by atoms with Crippen molar-refractivity contribution in [1.29, 1.82) is 0 Å². The van der Waals surface area contributed by atoms with E-state index in [1.165, 1.54) is 18.5 Å². The Morgan fingerprint density at radius 2 is 2.07 bits per heavy atom. The number of sulfonamides is 1. The number of methoxy groups -OCH3 is 1. The molecular formula is C8H17NO5S. The molecule has 1 N–H and O–H groups in total. The third-order valence-electron chi connectivity index (χ3n) is 1.88. The van der Waals surface area contributed by atoms with Gasteiger partial charge in [0.05, 0.1) is 12.4 Å². The molecule has 7 heteroatoms. The zero-order chi connectivity index (χ0) is 11.9. The number of hydrogen-bond acceptors (Lipinski definition) is 4. The molecule has 90 valence electrons. The average molecular weight is 239 g/mol. The lowest BCUT2D eigenvalue weighted by molar-refractivity contribution is -0.137. The van der Waals surface area contributed by atoms with Crippen LogP contribution in [0.2, 0.25) is 0 Å². The first-order valence-corrected chi connectivity index (χ1v) is 6.16. The van der Waals surface area contributed by atoms with E-state index >= 15 is 0 Å². The number of likely N-dealkylation sites (N-methyl/N-ethyl adjacent to an activating group) is 1. The first kappa shape index (κ1) is 14.3. The van der Waals surface area contributed by atoms with Crippen LogP contribution in [0.5, 0.6) is 0 Å². The molecular weight excluding hydrogens is 222 g/mol. The van der Waals surface area contributed by atoms with E-state index in [9.17, 15) is 13.2 Å². The van der Waals surface area contributed by atoms with E-state index in [2.05, 4.69) is 0 Å². The molecule has 15 heavy (non-hydrogen) atoms. The zero-order valence-corrected chi connectivity index (χ0v) is 9.79. The fourth-order valence-corrected chi connectivity index (χ4v) is 2.09. The second-order valence-corrected chi connectivity index (χ2v) is 5.32. The fraction of sp³-hybridized carbons (Fsp3) is 0.875. The quantitative estimate of drug-likeness (QED) is 0.632. The van der Waals surface area contributed by atoms with Crippen LogP contribution in [0.25, 0.3) is 0 Å². The highest BCUT2D eigenvalue weighted by molar-refractivity contribution is 7.89. The van der Waals surface area contributed by atoms with E-state index in [4.69, 9.17) is 9.84 Å². The maximum absolute atomic E-state index is 11.5. The molecule has 0 fully saturated rings. The molecule has 0 saturated carbocycles. The Hall–Kier alpha value is -0.660. The summed E-state index contributed by atoms with van der Waals surface area (Å²) in [5.41, 5.74) is 0. The van der Waals surface area contributed by atoms with Crippen LogP contribution in [-0.2, 0) is 19.6 Å². The monoisotopic (exact) mass is 239 g/mol. The minimum atomic E-state index is -3.34. The number of carboxylic acids is 1. The average Bonchev–Trinajstić information content (AvgIpc) is 2.13. The van der Waals surface area contributed by atoms with E-state index in [-0.39, 0.29) is 25.1 Å². The van der Waals surface area contributed by atoms with E-state index in [0.717, 1.165) is 0 Å². The summed E-state index contributed by atoms with van der Waals surface area (Å²) >= 11 is 0. The molecule has 0 aliphatic rings. The summed E-state index contributed by atoms with van der Waals surface area (Å²) in [4.78, 5) is 10.2. The Morgan fingerprint density at radius 1 is 1.47 bits per heavy atom. The minimum Gasteiger partial charge on any atom is -0.481 e. The molecule has 0 radical (unpaired) electrons. The first-order valence-electron chi connectivity index (χ1n) is 4.55. The van der Waals surface area contributed by atoms with E-state index < -0.39 is 16.0 Å². The Bertz CT molecular complexity index is 287. The molecule has 0 amide bonds. The highest BCUT2D eigenvalue weighted by atomic mass is 32.2. The third-order valence-corrected chi connectivity index (χ3v) is 3.81. The number of nitrogens with zero attached hydrogens (tertiary/aromatic N) is 1. The van der Waals surface area contributed by atoms with E-state index in [1.54, 1.807) is 0 Å². The number of carbonyl (C=O) groups is 1. The SMILES string of the molecule is COCCN(C)S(=O)(=O)CCCC(=O)O. The van der Waals surface area contributed by atoms with Gasteiger partial charge in [-0.2, -0.15) is 0 Å². The Balaban J connectivity index is 4.00. The lowest BCUT2D eigenvalue weighted by atomic mass is 10.3. The van der Waals surface area contributed by atoms with Gasteiger partial charge in [-0.1, -0.05) is 0 Å². The van der Waals surface area contributed by atoms with Gasteiger partial charge in [-0.05, 0) is 6.42 Å². The van der Waals surface area contributed by atoms with Crippen LogP contribution in [0.3, 0.4) is 0 Å². The molecule has 0 rings (SSSR count). The molecule has 0 aromatic rings.